The Morgan fingerprint density at radius 3 is 2.17 bits per heavy atom. The van der Waals surface area contributed by atoms with Crippen molar-refractivity contribution in [3.8, 4) is 0 Å². The van der Waals surface area contributed by atoms with E-state index in [1.54, 1.807) is 0 Å². The molecule has 0 radical (unpaired) electrons. The lowest BCUT2D eigenvalue weighted by Crippen LogP contribution is -2.43. The molecule has 0 aromatic carbocycles. The Hall–Kier alpha value is 0.310. The fraction of sp³-hybridized carbons (Fsp3) is 1.00. The normalized spacial score (nSPS) is 24.7. The van der Waals surface area contributed by atoms with E-state index in [1.165, 1.54) is 37.9 Å². The Morgan fingerprint density at radius 1 is 1.06 bits per heavy atom. The summed E-state index contributed by atoms with van der Waals surface area (Å²) >= 11 is 2.16. The van der Waals surface area contributed by atoms with Gasteiger partial charge in [0.1, 0.15) is 0 Å². The molecular weight excluding hydrogens is 238 g/mol. The average molecular weight is 272 g/mol. The number of nitrogens with one attached hydrogen (secondary N) is 1. The zero-order chi connectivity index (χ0) is 13.5. The Morgan fingerprint density at radius 2 is 1.67 bits per heavy atom. The van der Waals surface area contributed by atoms with Crippen LogP contribution in [0.15, 0.2) is 0 Å². The SMILES string of the molecule is CCSC1CCCC1NC(CC(C)C)CC(C)C. The third-order valence-electron chi connectivity index (χ3n) is 3.79. The molecule has 1 N–H and O–H groups in total. The van der Waals surface area contributed by atoms with Gasteiger partial charge in [-0.05, 0) is 43.3 Å². The van der Waals surface area contributed by atoms with E-state index in [4.69, 9.17) is 0 Å². The molecule has 0 aromatic heterocycles. The van der Waals surface area contributed by atoms with Crippen LogP contribution in [0.1, 0.15) is 66.7 Å². The van der Waals surface area contributed by atoms with E-state index in [9.17, 15) is 0 Å². The lowest BCUT2D eigenvalue weighted by molar-refractivity contribution is 0.328. The second-order valence-electron chi connectivity index (χ2n) is 6.65. The Kier molecular flexibility index (Phi) is 7.70. The van der Waals surface area contributed by atoms with Crippen LogP contribution in [0.4, 0.5) is 0 Å². The Balaban J connectivity index is 2.47. The fourth-order valence-corrected chi connectivity index (χ4v) is 4.41. The number of thioether (sulfide) groups is 1. The predicted molar refractivity (Wildman–Crippen MR) is 85.4 cm³/mol. The molecule has 0 saturated heterocycles. The molecule has 1 saturated carbocycles. The van der Waals surface area contributed by atoms with Crippen molar-refractivity contribution in [1.29, 1.82) is 0 Å². The summed E-state index contributed by atoms with van der Waals surface area (Å²) in [6, 6.07) is 1.51. The van der Waals surface area contributed by atoms with E-state index in [-0.39, 0.29) is 0 Å². The van der Waals surface area contributed by atoms with Crippen LogP contribution in [0.25, 0.3) is 0 Å². The van der Waals surface area contributed by atoms with Crippen molar-refractivity contribution in [1.82, 2.24) is 5.32 Å². The zero-order valence-corrected chi connectivity index (χ0v) is 13.9. The first-order valence-corrected chi connectivity index (χ1v) is 8.95. The first-order valence-electron chi connectivity index (χ1n) is 7.90. The van der Waals surface area contributed by atoms with Gasteiger partial charge in [-0.25, -0.2) is 0 Å². The predicted octanol–water partition coefficient (Wildman–Crippen LogP) is 4.71. The van der Waals surface area contributed by atoms with E-state index in [0.717, 1.165) is 29.2 Å². The van der Waals surface area contributed by atoms with E-state index in [0.29, 0.717) is 0 Å². The van der Waals surface area contributed by atoms with Gasteiger partial charge in [0.25, 0.3) is 0 Å². The average Bonchev–Trinajstić information content (AvgIpc) is 2.64. The maximum atomic E-state index is 3.99. The molecule has 0 heterocycles. The van der Waals surface area contributed by atoms with Crippen LogP contribution in [-0.2, 0) is 0 Å². The Labute approximate surface area is 119 Å². The molecule has 0 aliphatic heterocycles. The van der Waals surface area contributed by atoms with Crippen LogP contribution < -0.4 is 5.32 Å². The van der Waals surface area contributed by atoms with Gasteiger partial charge >= 0.3 is 0 Å². The summed E-state index contributed by atoms with van der Waals surface area (Å²) in [6.07, 6.45) is 6.90. The molecule has 0 amide bonds. The highest BCUT2D eigenvalue weighted by Gasteiger charge is 2.29. The number of rotatable bonds is 8. The van der Waals surface area contributed by atoms with Gasteiger partial charge in [0.15, 0.2) is 0 Å². The third-order valence-corrected chi connectivity index (χ3v) is 5.12. The fourth-order valence-electron chi connectivity index (χ4n) is 3.20. The first kappa shape index (κ1) is 16.4. The minimum absolute atomic E-state index is 0.730. The van der Waals surface area contributed by atoms with Crippen molar-refractivity contribution in [2.45, 2.75) is 84.1 Å². The molecule has 0 spiro atoms. The van der Waals surface area contributed by atoms with Gasteiger partial charge in [0.05, 0.1) is 0 Å². The maximum Gasteiger partial charge on any atom is 0.0201 e. The summed E-state index contributed by atoms with van der Waals surface area (Å²) in [4.78, 5) is 0. The highest BCUT2D eigenvalue weighted by molar-refractivity contribution is 7.99. The van der Waals surface area contributed by atoms with Crippen LogP contribution in [0.3, 0.4) is 0 Å². The molecule has 18 heavy (non-hydrogen) atoms. The standard InChI is InChI=1S/C16H33NS/c1-6-18-16-9-7-8-15(16)17-14(10-12(2)3)11-13(4)5/h12-17H,6-11H2,1-5H3. The third kappa shape index (κ3) is 5.97. The molecule has 2 atom stereocenters. The van der Waals surface area contributed by atoms with E-state index < -0.39 is 0 Å². The van der Waals surface area contributed by atoms with Gasteiger partial charge in [0, 0.05) is 17.3 Å². The van der Waals surface area contributed by atoms with Crippen molar-refractivity contribution in [3.63, 3.8) is 0 Å². The molecule has 0 bridgehead atoms. The monoisotopic (exact) mass is 271 g/mol. The van der Waals surface area contributed by atoms with Crippen molar-refractivity contribution >= 4 is 11.8 Å². The van der Waals surface area contributed by atoms with Crippen molar-refractivity contribution in [2.24, 2.45) is 11.8 Å². The zero-order valence-electron chi connectivity index (χ0n) is 13.0. The molecule has 1 aliphatic rings. The lowest BCUT2D eigenvalue weighted by atomic mass is 9.95. The van der Waals surface area contributed by atoms with Crippen molar-refractivity contribution < 1.29 is 0 Å². The van der Waals surface area contributed by atoms with Crippen LogP contribution >= 0.6 is 11.8 Å². The van der Waals surface area contributed by atoms with Crippen molar-refractivity contribution in [2.75, 3.05) is 5.75 Å². The van der Waals surface area contributed by atoms with Crippen LogP contribution in [0.2, 0.25) is 0 Å². The maximum absolute atomic E-state index is 3.99. The van der Waals surface area contributed by atoms with Crippen molar-refractivity contribution in [3.05, 3.63) is 0 Å². The second-order valence-corrected chi connectivity index (χ2v) is 8.17. The van der Waals surface area contributed by atoms with Gasteiger partial charge in [-0.3, -0.25) is 0 Å². The second kappa shape index (κ2) is 8.47. The van der Waals surface area contributed by atoms with E-state index >= 15 is 0 Å². The van der Waals surface area contributed by atoms with Gasteiger partial charge < -0.3 is 5.32 Å². The summed E-state index contributed by atoms with van der Waals surface area (Å²) < 4.78 is 0. The van der Waals surface area contributed by atoms with Gasteiger partial charge in [0.2, 0.25) is 0 Å². The summed E-state index contributed by atoms with van der Waals surface area (Å²) in [6.45, 7) is 11.7. The van der Waals surface area contributed by atoms with Gasteiger partial charge in [-0.15, -0.1) is 0 Å². The minimum Gasteiger partial charge on any atom is -0.310 e. The molecule has 0 aromatic rings. The summed E-state index contributed by atoms with van der Waals surface area (Å²) in [5, 5.41) is 4.86. The summed E-state index contributed by atoms with van der Waals surface area (Å²) in [7, 11) is 0. The highest BCUT2D eigenvalue weighted by atomic mass is 32.2. The molecule has 2 heteroatoms. The molecule has 1 rings (SSSR count). The largest absolute Gasteiger partial charge is 0.310 e. The number of hydrogen-bond donors (Lipinski definition) is 1. The van der Waals surface area contributed by atoms with Gasteiger partial charge in [-0.2, -0.15) is 11.8 Å². The molecular formula is C16H33NS. The van der Waals surface area contributed by atoms with E-state index in [1.807, 2.05) is 0 Å². The van der Waals surface area contributed by atoms with Crippen LogP contribution in [0, 0.1) is 11.8 Å². The molecule has 1 aliphatic carbocycles. The molecule has 1 fully saturated rings. The van der Waals surface area contributed by atoms with Crippen LogP contribution in [-0.4, -0.2) is 23.1 Å². The van der Waals surface area contributed by atoms with Gasteiger partial charge in [-0.1, -0.05) is 41.0 Å². The van der Waals surface area contributed by atoms with Crippen LogP contribution in [0.5, 0.6) is 0 Å². The molecule has 108 valence electrons. The summed E-state index contributed by atoms with van der Waals surface area (Å²) in [5.41, 5.74) is 0. The highest BCUT2D eigenvalue weighted by Crippen LogP contribution is 2.31. The minimum atomic E-state index is 0.730. The lowest BCUT2D eigenvalue weighted by Gasteiger charge is -2.29. The topological polar surface area (TPSA) is 12.0 Å². The van der Waals surface area contributed by atoms with E-state index in [2.05, 4.69) is 51.7 Å². The smallest absolute Gasteiger partial charge is 0.0201 e. The Bertz CT molecular complexity index is 205. The number of hydrogen-bond acceptors (Lipinski definition) is 2. The summed E-state index contributed by atoms with van der Waals surface area (Å²) in [5.74, 6) is 2.88. The molecule has 1 nitrogen and oxygen atoms in total. The quantitative estimate of drug-likeness (QED) is 0.686. The first-order chi connectivity index (χ1) is 8.52. The molecule has 2 unspecified atom stereocenters.